The summed E-state index contributed by atoms with van der Waals surface area (Å²) in [4.78, 5) is 11.7. The number of benzene rings is 1. The summed E-state index contributed by atoms with van der Waals surface area (Å²) in [5, 5.41) is 1.70. The van der Waals surface area contributed by atoms with E-state index in [2.05, 4.69) is 0 Å². The van der Waals surface area contributed by atoms with Gasteiger partial charge in [-0.3, -0.25) is 4.79 Å². The zero-order chi connectivity index (χ0) is 17.3. The van der Waals surface area contributed by atoms with Crippen LogP contribution in [0.1, 0.15) is 20.8 Å². The fraction of sp³-hybridized carbons (Fsp3) is 0.357. The van der Waals surface area contributed by atoms with Crippen molar-refractivity contribution in [2.45, 2.75) is 26.9 Å². The quantitative estimate of drug-likeness (QED) is 0.501. The fourth-order valence-corrected chi connectivity index (χ4v) is 1.32. The molecule has 0 saturated heterocycles. The number of halogens is 6. The predicted molar refractivity (Wildman–Crippen MR) is 68.5 cm³/mol. The van der Waals surface area contributed by atoms with Gasteiger partial charge in [-0.05, 0) is 0 Å². The van der Waals surface area contributed by atoms with Crippen LogP contribution in [-0.4, -0.2) is 12.0 Å². The molecule has 0 aliphatic carbocycles. The highest BCUT2D eigenvalue weighted by atomic mass is 19.4. The Labute approximate surface area is 122 Å². The van der Waals surface area contributed by atoms with Crippen LogP contribution in [0.15, 0.2) is 23.9 Å². The van der Waals surface area contributed by atoms with Crippen molar-refractivity contribution in [3.8, 4) is 0 Å². The van der Waals surface area contributed by atoms with Gasteiger partial charge in [-0.2, -0.15) is 13.2 Å². The summed E-state index contributed by atoms with van der Waals surface area (Å²) in [7, 11) is 0. The van der Waals surface area contributed by atoms with Gasteiger partial charge in [0.15, 0.2) is 23.2 Å². The number of alkyl halides is 3. The smallest absolute Gasteiger partial charge is 0.351 e. The third-order valence-corrected chi connectivity index (χ3v) is 2.58. The highest BCUT2D eigenvalue weighted by molar-refractivity contribution is 5.95. The molecule has 0 heterocycles. The molecule has 1 rings (SSSR count). The first-order chi connectivity index (χ1) is 9.82. The molecule has 1 aromatic rings. The van der Waals surface area contributed by atoms with Crippen LogP contribution in [0, 0.1) is 22.9 Å². The van der Waals surface area contributed by atoms with Crippen LogP contribution < -0.4 is 5.32 Å². The van der Waals surface area contributed by atoms with Gasteiger partial charge in [0.1, 0.15) is 5.70 Å². The van der Waals surface area contributed by atoms with Crippen molar-refractivity contribution in [2.24, 2.45) is 5.41 Å². The zero-order valence-corrected chi connectivity index (χ0v) is 11.9. The van der Waals surface area contributed by atoms with Gasteiger partial charge in [0, 0.05) is 29.3 Å². The van der Waals surface area contributed by atoms with Crippen LogP contribution in [0.25, 0.3) is 0 Å². The number of carbonyl (C=O) groups is 1. The minimum Gasteiger partial charge on any atom is -0.351 e. The first-order valence-electron chi connectivity index (χ1n) is 6.07. The summed E-state index contributed by atoms with van der Waals surface area (Å²) in [5.41, 5.74) is -3.24. The van der Waals surface area contributed by atoms with Crippen molar-refractivity contribution in [2.75, 3.05) is 5.32 Å². The Kier molecular flexibility index (Phi) is 4.94. The summed E-state index contributed by atoms with van der Waals surface area (Å²) < 4.78 is 77.5. The fourth-order valence-electron chi connectivity index (χ4n) is 1.32. The molecule has 0 aliphatic rings. The molecule has 22 heavy (non-hydrogen) atoms. The van der Waals surface area contributed by atoms with E-state index in [0.29, 0.717) is 18.2 Å². The number of ketones is 1. The van der Waals surface area contributed by atoms with Crippen molar-refractivity contribution in [3.05, 3.63) is 41.4 Å². The highest BCUT2D eigenvalue weighted by Crippen LogP contribution is 2.29. The molecule has 0 amide bonds. The minimum absolute atomic E-state index is 0.305. The molecule has 0 bridgehead atoms. The van der Waals surface area contributed by atoms with Crippen LogP contribution in [0.5, 0.6) is 0 Å². The molecule has 2 nitrogen and oxygen atoms in total. The molecule has 0 unspecified atom stereocenters. The molecule has 0 aliphatic heterocycles. The molecule has 0 fully saturated rings. The van der Waals surface area contributed by atoms with Crippen molar-refractivity contribution < 1.29 is 31.1 Å². The van der Waals surface area contributed by atoms with Gasteiger partial charge in [-0.15, -0.1) is 0 Å². The van der Waals surface area contributed by atoms with Gasteiger partial charge in [0.25, 0.3) is 0 Å². The van der Waals surface area contributed by atoms with Gasteiger partial charge in [0.05, 0.1) is 0 Å². The summed E-state index contributed by atoms with van der Waals surface area (Å²) >= 11 is 0. The number of carbonyl (C=O) groups excluding carboxylic acids is 1. The molecule has 0 saturated carbocycles. The van der Waals surface area contributed by atoms with E-state index in [9.17, 15) is 31.1 Å². The van der Waals surface area contributed by atoms with Crippen molar-refractivity contribution in [1.29, 1.82) is 0 Å². The lowest BCUT2D eigenvalue weighted by atomic mass is 9.90. The second-order valence-electron chi connectivity index (χ2n) is 5.55. The first-order valence-corrected chi connectivity index (χ1v) is 6.07. The van der Waals surface area contributed by atoms with Gasteiger partial charge < -0.3 is 5.32 Å². The predicted octanol–water partition coefficient (Wildman–Crippen LogP) is 4.58. The Morgan fingerprint density at radius 1 is 1.05 bits per heavy atom. The number of anilines is 1. The van der Waals surface area contributed by atoms with E-state index >= 15 is 0 Å². The lowest BCUT2D eigenvalue weighted by Crippen LogP contribution is -2.25. The number of rotatable bonds is 3. The van der Waals surface area contributed by atoms with Crippen molar-refractivity contribution in [3.63, 3.8) is 0 Å². The second-order valence-corrected chi connectivity index (χ2v) is 5.55. The monoisotopic (exact) mass is 325 g/mol. The summed E-state index contributed by atoms with van der Waals surface area (Å²) in [6.45, 7) is 4.24. The Morgan fingerprint density at radius 2 is 1.50 bits per heavy atom. The zero-order valence-electron chi connectivity index (χ0n) is 11.9. The van der Waals surface area contributed by atoms with Gasteiger partial charge >= 0.3 is 6.18 Å². The third-order valence-electron chi connectivity index (χ3n) is 2.58. The van der Waals surface area contributed by atoms with Crippen LogP contribution in [-0.2, 0) is 4.79 Å². The van der Waals surface area contributed by atoms with Gasteiger partial charge in [0.2, 0.25) is 0 Å². The SMILES string of the molecule is CC(C)(C)C(=O)/C=C(/Nc1cc(F)c(F)c(F)c1)C(F)(F)F. The van der Waals surface area contributed by atoms with Crippen molar-refractivity contribution in [1.82, 2.24) is 0 Å². The summed E-state index contributed by atoms with van der Waals surface area (Å²) in [6.07, 6.45) is -4.65. The molecule has 8 heteroatoms. The van der Waals surface area contributed by atoms with Crippen LogP contribution in [0.4, 0.5) is 32.0 Å². The van der Waals surface area contributed by atoms with E-state index in [1.54, 1.807) is 5.32 Å². The molecule has 0 atom stereocenters. The molecular weight excluding hydrogens is 312 g/mol. The minimum atomic E-state index is -4.96. The number of hydrogen-bond donors (Lipinski definition) is 1. The Bertz CT molecular complexity index is 590. The third kappa shape index (κ3) is 4.51. The lowest BCUT2D eigenvalue weighted by Gasteiger charge is -2.18. The van der Waals surface area contributed by atoms with E-state index in [1.165, 1.54) is 20.8 Å². The maximum absolute atomic E-state index is 13.0. The van der Waals surface area contributed by atoms with Crippen molar-refractivity contribution >= 4 is 11.5 Å². The molecule has 1 N–H and O–H groups in total. The average molecular weight is 325 g/mol. The number of nitrogens with one attached hydrogen (secondary N) is 1. The Balaban J connectivity index is 3.22. The Morgan fingerprint density at radius 3 is 1.86 bits per heavy atom. The maximum atomic E-state index is 13.0. The van der Waals surface area contributed by atoms with E-state index in [4.69, 9.17) is 0 Å². The lowest BCUT2D eigenvalue weighted by molar-refractivity contribution is -0.122. The highest BCUT2D eigenvalue weighted by Gasteiger charge is 2.36. The normalized spacial score (nSPS) is 13.2. The second kappa shape index (κ2) is 6.02. The number of hydrogen-bond acceptors (Lipinski definition) is 2. The topological polar surface area (TPSA) is 29.1 Å². The van der Waals surface area contributed by atoms with E-state index in [-0.39, 0.29) is 0 Å². The molecule has 0 aromatic heterocycles. The molecule has 122 valence electrons. The molecule has 0 radical (unpaired) electrons. The first kappa shape index (κ1) is 18.1. The van der Waals surface area contributed by atoms with Crippen LogP contribution in [0.2, 0.25) is 0 Å². The number of allylic oxidation sites excluding steroid dienone is 2. The molecule has 0 spiro atoms. The van der Waals surface area contributed by atoms with Crippen LogP contribution in [0.3, 0.4) is 0 Å². The van der Waals surface area contributed by atoms with E-state index in [1.807, 2.05) is 0 Å². The standard InChI is InChI=1S/C14H13F6NO/c1-13(2,3)11(22)6-10(14(18,19)20)21-7-4-8(15)12(17)9(16)5-7/h4-6,21H,1-3H3/b10-6+. The van der Waals surface area contributed by atoms with E-state index < -0.39 is 46.2 Å². The van der Waals surface area contributed by atoms with Gasteiger partial charge in [-0.25, -0.2) is 13.2 Å². The van der Waals surface area contributed by atoms with Crippen LogP contribution >= 0.6 is 0 Å². The molecular formula is C14H13F6NO. The van der Waals surface area contributed by atoms with E-state index in [0.717, 1.165) is 0 Å². The largest absolute Gasteiger partial charge is 0.431 e. The van der Waals surface area contributed by atoms with Gasteiger partial charge in [-0.1, -0.05) is 20.8 Å². The summed E-state index contributed by atoms with van der Waals surface area (Å²) in [5.74, 6) is -5.93. The average Bonchev–Trinajstić information content (AvgIpc) is 2.32. The Hall–Kier alpha value is -1.99. The maximum Gasteiger partial charge on any atom is 0.431 e. The molecule has 1 aromatic carbocycles. The summed E-state index contributed by atoms with van der Waals surface area (Å²) in [6, 6.07) is 0.721.